The fourth-order valence-corrected chi connectivity index (χ4v) is 2.64. The van der Waals surface area contributed by atoms with E-state index in [1.807, 2.05) is 0 Å². The quantitative estimate of drug-likeness (QED) is 0.436. The molecular weight excluding hydrogens is 301 g/mol. The Hall–Kier alpha value is 1.07. The summed E-state index contributed by atoms with van der Waals surface area (Å²) in [7, 11) is 0. The van der Waals surface area contributed by atoms with E-state index in [0.717, 1.165) is 6.92 Å². The van der Waals surface area contributed by atoms with Crippen molar-refractivity contribution in [2.75, 3.05) is 26.2 Å². The number of rotatable bonds is 12. The molecular formula is C18H41KNO2+. The zero-order valence-electron chi connectivity index (χ0n) is 17.3. The molecule has 0 rings (SSSR count). The van der Waals surface area contributed by atoms with Gasteiger partial charge in [-0.3, -0.25) is 4.79 Å². The average molecular weight is 343 g/mol. The molecule has 130 valence electrons. The third kappa shape index (κ3) is 19.1. The van der Waals surface area contributed by atoms with Crippen molar-refractivity contribution in [2.45, 2.75) is 86.0 Å². The number of hydrogen-bond acceptors (Lipinski definition) is 1. The van der Waals surface area contributed by atoms with Crippen molar-refractivity contribution in [3.63, 3.8) is 0 Å². The Kier molecular flexibility index (Phi) is 25.5. The van der Waals surface area contributed by atoms with Crippen molar-refractivity contribution in [3.05, 3.63) is 0 Å². The normalized spacial score (nSPS) is 10.4. The number of carboxylic acid groups (broad SMARTS) is 1. The minimum absolute atomic E-state index is 0. The van der Waals surface area contributed by atoms with Crippen LogP contribution in [0, 0.1) is 0 Å². The monoisotopic (exact) mass is 342 g/mol. The number of nitrogens with zero attached hydrogens (tertiary/aromatic N) is 1. The van der Waals surface area contributed by atoms with Crippen LogP contribution < -0.4 is 51.4 Å². The number of unbranched alkanes of at least 4 members (excludes halogenated alkanes) is 4. The Morgan fingerprint density at radius 1 is 0.773 bits per heavy atom. The second kappa shape index (κ2) is 20.1. The van der Waals surface area contributed by atoms with E-state index < -0.39 is 5.97 Å². The van der Waals surface area contributed by atoms with Crippen LogP contribution in [0.2, 0.25) is 0 Å². The third-order valence-electron chi connectivity index (χ3n) is 3.94. The first-order valence-electron chi connectivity index (χ1n) is 9.02. The van der Waals surface area contributed by atoms with E-state index >= 15 is 0 Å². The number of hydrogen-bond donors (Lipinski definition) is 1. The maximum Gasteiger partial charge on any atom is 1.00 e. The molecule has 1 N–H and O–H groups in total. The van der Waals surface area contributed by atoms with Crippen molar-refractivity contribution < 1.29 is 67.2 Å². The topological polar surface area (TPSA) is 37.3 Å². The third-order valence-corrected chi connectivity index (χ3v) is 3.94. The minimum atomic E-state index is -0.833. The van der Waals surface area contributed by atoms with Crippen LogP contribution in [-0.4, -0.2) is 41.7 Å². The van der Waals surface area contributed by atoms with Crippen LogP contribution in [0.4, 0.5) is 0 Å². The van der Waals surface area contributed by atoms with E-state index in [-0.39, 0.29) is 52.8 Å². The molecule has 0 saturated carbocycles. The van der Waals surface area contributed by atoms with Gasteiger partial charge in [-0.05, 0) is 25.7 Å². The van der Waals surface area contributed by atoms with Gasteiger partial charge >= 0.3 is 51.4 Å². The van der Waals surface area contributed by atoms with Crippen molar-refractivity contribution in [1.29, 1.82) is 0 Å². The van der Waals surface area contributed by atoms with Gasteiger partial charge in [-0.1, -0.05) is 53.4 Å². The molecule has 0 heterocycles. The molecule has 0 atom stereocenters. The van der Waals surface area contributed by atoms with Gasteiger partial charge in [0.05, 0.1) is 26.2 Å². The molecule has 0 unspecified atom stereocenters. The summed E-state index contributed by atoms with van der Waals surface area (Å²) < 4.78 is 1.42. The van der Waals surface area contributed by atoms with Gasteiger partial charge in [0.2, 0.25) is 0 Å². The molecule has 3 nitrogen and oxygen atoms in total. The Morgan fingerprint density at radius 3 is 1.09 bits per heavy atom. The first-order valence-corrected chi connectivity index (χ1v) is 9.02. The fourth-order valence-electron chi connectivity index (χ4n) is 2.64. The molecule has 0 aromatic carbocycles. The first kappa shape index (κ1) is 27.9. The molecule has 4 heteroatoms. The summed E-state index contributed by atoms with van der Waals surface area (Å²) >= 11 is 0. The van der Waals surface area contributed by atoms with Gasteiger partial charge in [-0.25, -0.2) is 0 Å². The predicted molar refractivity (Wildman–Crippen MR) is 93.8 cm³/mol. The van der Waals surface area contributed by atoms with Crippen LogP contribution in [0.15, 0.2) is 0 Å². The summed E-state index contributed by atoms with van der Waals surface area (Å²) in [5.41, 5.74) is 0. The van der Waals surface area contributed by atoms with Crippen molar-refractivity contribution in [2.24, 2.45) is 0 Å². The van der Waals surface area contributed by atoms with Crippen LogP contribution in [0.25, 0.3) is 0 Å². The van der Waals surface area contributed by atoms with Gasteiger partial charge in [-0.2, -0.15) is 0 Å². The van der Waals surface area contributed by atoms with Crippen molar-refractivity contribution in [3.8, 4) is 0 Å². The molecule has 0 fully saturated rings. The van der Waals surface area contributed by atoms with Crippen LogP contribution in [0.5, 0.6) is 0 Å². The van der Waals surface area contributed by atoms with E-state index in [1.54, 1.807) is 0 Å². The van der Waals surface area contributed by atoms with Gasteiger partial charge < -0.3 is 11.0 Å². The summed E-state index contributed by atoms with van der Waals surface area (Å²) in [6.45, 7) is 16.1. The smallest absolute Gasteiger partial charge is 1.00 e. The Bertz CT molecular complexity index is 200. The molecule has 22 heavy (non-hydrogen) atoms. The molecule has 0 aliphatic rings. The Balaban J connectivity index is -0.000000268. The summed E-state index contributed by atoms with van der Waals surface area (Å²) in [4.78, 5) is 9.00. The SMILES string of the molecule is CC(=O)O.CCCC[N+](CCCC)(CCCC)CCCC.[H-].[K+]. The first-order chi connectivity index (χ1) is 9.97. The number of quaternary nitrogens is 1. The van der Waals surface area contributed by atoms with E-state index in [9.17, 15) is 0 Å². The summed E-state index contributed by atoms with van der Waals surface area (Å²) in [5.74, 6) is -0.833. The molecule has 0 aliphatic heterocycles. The number of carboxylic acids is 1. The Morgan fingerprint density at radius 2 is 0.955 bits per heavy atom. The summed E-state index contributed by atoms with van der Waals surface area (Å²) in [6.07, 6.45) is 11.1. The van der Waals surface area contributed by atoms with Gasteiger partial charge in [0.25, 0.3) is 5.97 Å². The Labute approximate surface area is 183 Å². The van der Waals surface area contributed by atoms with E-state index in [1.165, 1.54) is 82.0 Å². The zero-order valence-corrected chi connectivity index (χ0v) is 19.4. The molecule has 0 amide bonds. The molecule has 0 bridgehead atoms. The molecule has 0 aliphatic carbocycles. The minimum Gasteiger partial charge on any atom is -1.00 e. The predicted octanol–water partition coefficient (Wildman–Crippen LogP) is 2.21. The molecule has 0 aromatic heterocycles. The summed E-state index contributed by atoms with van der Waals surface area (Å²) in [5, 5.41) is 7.42. The molecule has 0 radical (unpaired) electrons. The number of carbonyl (C=O) groups is 1. The van der Waals surface area contributed by atoms with Crippen LogP contribution in [-0.2, 0) is 4.79 Å². The van der Waals surface area contributed by atoms with Crippen molar-refractivity contribution >= 4 is 5.97 Å². The van der Waals surface area contributed by atoms with E-state index in [2.05, 4.69) is 27.7 Å². The number of aliphatic carboxylic acids is 1. The summed E-state index contributed by atoms with van der Waals surface area (Å²) in [6, 6.07) is 0. The largest absolute Gasteiger partial charge is 1.00 e. The average Bonchev–Trinajstić information content (AvgIpc) is 2.45. The van der Waals surface area contributed by atoms with Gasteiger partial charge in [0.15, 0.2) is 0 Å². The van der Waals surface area contributed by atoms with E-state index in [4.69, 9.17) is 9.90 Å². The molecule has 0 saturated heterocycles. The van der Waals surface area contributed by atoms with Crippen molar-refractivity contribution in [1.82, 2.24) is 0 Å². The second-order valence-electron chi connectivity index (χ2n) is 6.17. The van der Waals surface area contributed by atoms with Gasteiger partial charge in [0.1, 0.15) is 0 Å². The second-order valence-corrected chi connectivity index (χ2v) is 6.17. The molecule has 0 spiro atoms. The van der Waals surface area contributed by atoms with Gasteiger partial charge in [0, 0.05) is 6.92 Å². The van der Waals surface area contributed by atoms with Crippen LogP contribution in [0.1, 0.15) is 87.4 Å². The van der Waals surface area contributed by atoms with Gasteiger partial charge in [-0.15, -0.1) is 0 Å². The fraction of sp³-hybridized carbons (Fsp3) is 0.944. The van der Waals surface area contributed by atoms with Crippen LogP contribution >= 0.6 is 0 Å². The van der Waals surface area contributed by atoms with E-state index in [0.29, 0.717) is 0 Å². The zero-order chi connectivity index (χ0) is 16.6. The maximum absolute atomic E-state index is 9.00. The maximum atomic E-state index is 9.00. The van der Waals surface area contributed by atoms with Crippen LogP contribution in [0.3, 0.4) is 0 Å². The standard InChI is InChI=1S/C16H36N.C2H4O2.K.H/c1-5-9-13-17(14-10-6-2,15-11-7-3)16-12-8-4;1-2(3)4;;/h5-16H2,1-4H3;1H3,(H,3,4);;/q+1;;+1;-1. The molecule has 0 aromatic rings.